The van der Waals surface area contributed by atoms with E-state index in [1.165, 1.54) is 0 Å². The molecule has 5 heteroatoms. The zero-order valence-electron chi connectivity index (χ0n) is 7.90. The zero-order chi connectivity index (χ0) is 10.4. The van der Waals surface area contributed by atoms with Gasteiger partial charge in [0, 0.05) is 5.97 Å². The van der Waals surface area contributed by atoms with Gasteiger partial charge in [-0.25, -0.2) is 9.13 Å². The number of hydrogen-bond donors (Lipinski definition) is 0. The maximum Gasteiger partial charge on any atom is 0.244 e. The Hall–Kier alpha value is -1.03. The predicted octanol–water partition coefficient (Wildman–Crippen LogP) is -0.174. The molecule has 0 aliphatic rings. The van der Waals surface area contributed by atoms with Gasteiger partial charge in [0.2, 0.25) is 6.33 Å². The van der Waals surface area contributed by atoms with Gasteiger partial charge in [-0.3, -0.25) is 0 Å². The highest BCUT2D eigenvalue weighted by molar-refractivity contribution is 6.18. The molecule has 0 saturated heterocycles. The van der Waals surface area contributed by atoms with Crippen LogP contribution in [0.1, 0.15) is 19.3 Å². The van der Waals surface area contributed by atoms with Crippen molar-refractivity contribution >= 4 is 17.6 Å². The molecule has 4 nitrogen and oxygen atoms in total. The third kappa shape index (κ3) is 6.16. The SMILES string of the molecule is CC(=O)[O-].CC(Cl)n1cc[n+](C)c1. The van der Waals surface area contributed by atoms with E-state index in [9.17, 15) is 0 Å². The molecule has 0 fully saturated rings. The molecule has 1 atom stereocenters. The van der Waals surface area contributed by atoms with E-state index in [1.807, 2.05) is 41.8 Å². The van der Waals surface area contributed by atoms with Crippen molar-refractivity contribution in [2.24, 2.45) is 7.05 Å². The number of carbonyl (C=O) groups excluding carboxylic acids is 1. The molecule has 74 valence electrons. The van der Waals surface area contributed by atoms with Crippen LogP contribution >= 0.6 is 11.6 Å². The number of halogens is 1. The lowest BCUT2D eigenvalue weighted by molar-refractivity contribution is -0.671. The number of carboxylic acids is 1. The lowest BCUT2D eigenvalue weighted by Gasteiger charge is -1.92. The van der Waals surface area contributed by atoms with Gasteiger partial charge in [-0.1, -0.05) is 11.6 Å². The van der Waals surface area contributed by atoms with Crippen LogP contribution in [0.5, 0.6) is 0 Å². The van der Waals surface area contributed by atoms with Crippen LogP contribution in [-0.4, -0.2) is 10.5 Å². The molecular weight excluding hydrogens is 192 g/mol. The Bertz CT molecular complexity index is 267. The predicted molar refractivity (Wildman–Crippen MR) is 46.9 cm³/mol. The number of aryl methyl sites for hydroxylation is 1. The molecule has 1 aromatic heterocycles. The van der Waals surface area contributed by atoms with Crippen molar-refractivity contribution in [3.8, 4) is 0 Å². The third-order valence-electron chi connectivity index (χ3n) is 1.20. The highest BCUT2D eigenvalue weighted by Crippen LogP contribution is 2.06. The number of rotatable bonds is 1. The van der Waals surface area contributed by atoms with E-state index in [0.717, 1.165) is 6.92 Å². The van der Waals surface area contributed by atoms with Crippen LogP contribution < -0.4 is 9.67 Å². The summed E-state index contributed by atoms with van der Waals surface area (Å²) in [4.78, 5) is 8.89. The second-order valence-corrected chi connectivity index (χ2v) is 3.22. The molecule has 1 heterocycles. The van der Waals surface area contributed by atoms with E-state index in [2.05, 4.69) is 0 Å². The Labute approximate surface area is 82.4 Å². The first kappa shape index (κ1) is 12.0. The summed E-state index contributed by atoms with van der Waals surface area (Å²) in [6.45, 7) is 2.90. The van der Waals surface area contributed by atoms with Crippen LogP contribution in [0.2, 0.25) is 0 Å². The number of imidazole rings is 1. The largest absolute Gasteiger partial charge is 0.550 e. The van der Waals surface area contributed by atoms with Crippen molar-refractivity contribution in [1.82, 2.24) is 4.57 Å². The Balaban J connectivity index is 0.000000310. The number of carboxylic acid groups (broad SMARTS) is 1. The Morgan fingerprint density at radius 3 is 2.31 bits per heavy atom. The number of aliphatic carboxylic acids is 1. The summed E-state index contributed by atoms with van der Waals surface area (Å²) in [6, 6.07) is 0. The maximum atomic E-state index is 8.89. The van der Waals surface area contributed by atoms with Crippen molar-refractivity contribution in [1.29, 1.82) is 0 Å². The second-order valence-electron chi connectivity index (χ2n) is 2.59. The minimum Gasteiger partial charge on any atom is -0.550 e. The minimum atomic E-state index is -1.08. The van der Waals surface area contributed by atoms with Gasteiger partial charge in [-0.05, 0) is 13.8 Å². The summed E-state index contributed by atoms with van der Waals surface area (Å²) < 4.78 is 3.89. The van der Waals surface area contributed by atoms with Gasteiger partial charge in [0.1, 0.15) is 12.4 Å². The monoisotopic (exact) mass is 204 g/mol. The normalized spacial score (nSPS) is 11.4. The molecule has 1 aromatic rings. The van der Waals surface area contributed by atoms with E-state index < -0.39 is 5.97 Å². The topological polar surface area (TPSA) is 48.9 Å². The lowest BCUT2D eigenvalue weighted by atomic mass is 10.7. The fraction of sp³-hybridized carbons (Fsp3) is 0.500. The van der Waals surface area contributed by atoms with E-state index in [1.54, 1.807) is 0 Å². The molecule has 0 aromatic carbocycles. The summed E-state index contributed by atoms with van der Waals surface area (Å²) in [6.07, 6.45) is 5.84. The molecule has 0 saturated carbocycles. The van der Waals surface area contributed by atoms with Gasteiger partial charge < -0.3 is 9.90 Å². The molecule has 1 rings (SSSR count). The van der Waals surface area contributed by atoms with Crippen LogP contribution in [0.3, 0.4) is 0 Å². The number of carbonyl (C=O) groups is 1. The molecule has 13 heavy (non-hydrogen) atoms. The average molecular weight is 205 g/mol. The van der Waals surface area contributed by atoms with Crippen LogP contribution in [0, 0.1) is 0 Å². The molecule has 0 bridgehead atoms. The van der Waals surface area contributed by atoms with Crippen molar-refractivity contribution < 1.29 is 14.5 Å². The third-order valence-corrected chi connectivity index (χ3v) is 1.43. The lowest BCUT2D eigenvalue weighted by Crippen LogP contribution is -2.23. The standard InChI is InChI=1S/C6H10ClN2.C2H4O2/c1-6(7)9-4-3-8(2)5-9;1-2(3)4/h3-6H,1-2H3;1H3,(H,3,4)/q+1;/p-1. The van der Waals surface area contributed by atoms with Crippen molar-refractivity contribution in [3.05, 3.63) is 18.7 Å². The Morgan fingerprint density at radius 1 is 1.69 bits per heavy atom. The Kier molecular flexibility index (Phi) is 5.14. The van der Waals surface area contributed by atoms with Gasteiger partial charge >= 0.3 is 0 Å². The van der Waals surface area contributed by atoms with Crippen molar-refractivity contribution in [2.45, 2.75) is 19.3 Å². The fourth-order valence-corrected chi connectivity index (χ4v) is 0.795. The van der Waals surface area contributed by atoms with Crippen LogP contribution in [-0.2, 0) is 11.8 Å². The summed E-state index contributed by atoms with van der Waals surface area (Å²) in [5, 5.41) is 8.89. The Morgan fingerprint density at radius 2 is 2.15 bits per heavy atom. The van der Waals surface area contributed by atoms with Crippen molar-refractivity contribution in [3.63, 3.8) is 0 Å². The van der Waals surface area contributed by atoms with E-state index in [4.69, 9.17) is 21.5 Å². The summed E-state index contributed by atoms with van der Waals surface area (Å²) in [5.74, 6) is -1.08. The average Bonchev–Trinajstić information content (AvgIpc) is 2.34. The first-order chi connectivity index (χ1) is 5.93. The van der Waals surface area contributed by atoms with Crippen LogP contribution in [0.15, 0.2) is 18.7 Å². The van der Waals surface area contributed by atoms with Gasteiger partial charge in [0.05, 0.1) is 7.05 Å². The molecule has 0 amide bonds. The maximum absolute atomic E-state index is 8.89. The van der Waals surface area contributed by atoms with Gasteiger partial charge in [-0.15, -0.1) is 0 Å². The minimum absolute atomic E-state index is 0.0474. The molecule has 0 spiro atoms. The first-order valence-electron chi connectivity index (χ1n) is 3.78. The van der Waals surface area contributed by atoms with E-state index in [0.29, 0.717) is 0 Å². The smallest absolute Gasteiger partial charge is 0.244 e. The summed E-state index contributed by atoms with van der Waals surface area (Å²) in [7, 11) is 1.97. The van der Waals surface area contributed by atoms with Gasteiger partial charge in [-0.2, -0.15) is 0 Å². The molecule has 0 N–H and O–H groups in total. The number of hydrogen-bond acceptors (Lipinski definition) is 2. The molecular formula is C8H13ClN2O2. The molecule has 1 unspecified atom stereocenters. The second kappa shape index (κ2) is 5.59. The fourth-order valence-electron chi connectivity index (χ4n) is 0.680. The zero-order valence-corrected chi connectivity index (χ0v) is 8.65. The van der Waals surface area contributed by atoms with Crippen LogP contribution in [0.4, 0.5) is 0 Å². The molecule has 0 aliphatic carbocycles. The molecule has 0 radical (unpaired) electrons. The van der Waals surface area contributed by atoms with Gasteiger partial charge in [0.25, 0.3) is 0 Å². The number of alkyl halides is 1. The number of nitrogens with zero attached hydrogens (tertiary/aromatic N) is 2. The van der Waals surface area contributed by atoms with Gasteiger partial charge in [0.15, 0.2) is 5.50 Å². The number of aromatic nitrogens is 2. The summed E-state index contributed by atoms with van der Waals surface area (Å²) in [5.41, 5.74) is 0.0474. The van der Waals surface area contributed by atoms with E-state index >= 15 is 0 Å². The van der Waals surface area contributed by atoms with Crippen LogP contribution in [0.25, 0.3) is 0 Å². The van der Waals surface area contributed by atoms with E-state index in [-0.39, 0.29) is 5.50 Å². The summed E-state index contributed by atoms with van der Waals surface area (Å²) >= 11 is 5.77. The first-order valence-corrected chi connectivity index (χ1v) is 4.21. The molecule has 0 aliphatic heterocycles. The quantitative estimate of drug-likeness (QED) is 0.471. The highest BCUT2D eigenvalue weighted by Gasteiger charge is 2.03. The van der Waals surface area contributed by atoms with Crippen molar-refractivity contribution in [2.75, 3.05) is 0 Å². The highest BCUT2D eigenvalue weighted by atomic mass is 35.5.